The average Bonchev–Trinajstić information content (AvgIpc) is 2.68. The van der Waals surface area contributed by atoms with Crippen LogP contribution in [0.2, 0.25) is 0 Å². The Morgan fingerprint density at radius 2 is 2.08 bits per heavy atom. The number of ether oxygens (including phenoxy) is 1. The van der Waals surface area contributed by atoms with Gasteiger partial charge in [-0.3, -0.25) is 4.79 Å². The van der Waals surface area contributed by atoms with Gasteiger partial charge in [-0.15, -0.1) is 0 Å². The molecule has 4 heteroatoms. The molecule has 1 amide bonds. The Hall–Kier alpha value is -2.64. The zero-order chi connectivity index (χ0) is 17.6. The summed E-state index contributed by atoms with van der Waals surface area (Å²) in [6.07, 6.45) is 0.817. The van der Waals surface area contributed by atoms with Crippen LogP contribution in [-0.4, -0.2) is 36.6 Å². The highest BCUT2D eigenvalue weighted by Crippen LogP contribution is 2.19. The number of carbonyl (C=O) groups is 1. The van der Waals surface area contributed by atoms with E-state index in [1.54, 1.807) is 0 Å². The van der Waals surface area contributed by atoms with Crippen LogP contribution in [-0.2, 0) is 11.2 Å². The summed E-state index contributed by atoms with van der Waals surface area (Å²) in [6.45, 7) is 3.58. The van der Waals surface area contributed by atoms with Crippen molar-refractivity contribution in [3.63, 3.8) is 0 Å². The number of nitrogens with zero attached hydrogens (tertiary/aromatic N) is 2. The van der Waals surface area contributed by atoms with Crippen LogP contribution in [0.15, 0.2) is 54.6 Å². The van der Waals surface area contributed by atoms with Gasteiger partial charge >= 0.3 is 0 Å². The predicted molar refractivity (Wildman–Crippen MR) is 96.3 cm³/mol. The zero-order valence-electron chi connectivity index (χ0n) is 14.4. The fraction of sp³-hybridized carbons (Fsp3) is 0.333. The Morgan fingerprint density at radius 1 is 1.28 bits per heavy atom. The van der Waals surface area contributed by atoms with Crippen LogP contribution in [0, 0.1) is 11.3 Å². The first-order valence-corrected chi connectivity index (χ1v) is 8.61. The van der Waals surface area contributed by atoms with Crippen LogP contribution in [0.3, 0.4) is 0 Å². The third-order valence-corrected chi connectivity index (χ3v) is 4.56. The first kappa shape index (κ1) is 17.2. The summed E-state index contributed by atoms with van der Waals surface area (Å²) in [5, 5.41) is 9.08. The maximum absolute atomic E-state index is 12.8. The van der Waals surface area contributed by atoms with Crippen LogP contribution < -0.4 is 0 Å². The quantitative estimate of drug-likeness (QED) is 0.861. The number of rotatable bonds is 4. The number of morpholine rings is 1. The molecule has 2 unspecified atom stereocenters. The molecule has 128 valence electrons. The SMILES string of the molecule is CC(C#N)c1cccc(C(=O)N2CCOC(Cc3ccccc3)C2)c1. The highest BCUT2D eigenvalue weighted by Gasteiger charge is 2.25. The Balaban J connectivity index is 1.69. The summed E-state index contributed by atoms with van der Waals surface area (Å²) in [7, 11) is 0. The van der Waals surface area contributed by atoms with Crippen molar-refractivity contribution in [1.82, 2.24) is 4.90 Å². The molecule has 0 bridgehead atoms. The van der Waals surface area contributed by atoms with E-state index in [4.69, 9.17) is 10.00 Å². The van der Waals surface area contributed by atoms with Gasteiger partial charge < -0.3 is 9.64 Å². The molecule has 0 aromatic heterocycles. The molecule has 4 nitrogen and oxygen atoms in total. The van der Waals surface area contributed by atoms with Crippen molar-refractivity contribution in [3.05, 3.63) is 71.3 Å². The minimum Gasteiger partial charge on any atom is -0.374 e. The number of amides is 1. The molecule has 3 rings (SSSR count). The fourth-order valence-electron chi connectivity index (χ4n) is 3.10. The Bertz CT molecular complexity index is 767. The second-order valence-corrected chi connectivity index (χ2v) is 6.41. The van der Waals surface area contributed by atoms with Crippen molar-refractivity contribution in [3.8, 4) is 6.07 Å². The molecule has 0 spiro atoms. The Kier molecular flexibility index (Phi) is 5.47. The minimum atomic E-state index is -0.219. The molecule has 0 N–H and O–H groups in total. The molecule has 1 aliphatic heterocycles. The number of hydrogen-bond donors (Lipinski definition) is 0. The summed E-state index contributed by atoms with van der Waals surface area (Å²) in [4.78, 5) is 14.7. The van der Waals surface area contributed by atoms with Crippen molar-refractivity contribution in [2.45, 2.75) is 25.4 Å². The van der Waals surface area contributed by atoms with Gasteiger partial charge in [0.15, 0.2) is 0 Å². The zero-order valence-corrected chi connectivity index (χ0v) is 14.4. The van der Waals surface area contributed by atoms with Gasteiger partial charge in [-0.05, 0) is 30.2 Å². The van der Waals surface area contributed by atoms with Crippen LogP contribution in [0.5, 0.6) is 0 Å². The third kappa shape index (κ3) is 4.26. The molecule has 1 aliphatic rings. The van der Waals surface area contributed by atoms with Crippen molar-refractivity contribution < 1.29 is 9.53 Å². The predicted octanol–water partition coefficient (Wildman–Crippen LogP) is 3.40. The van der Waals surface area contributed by atoms with Crippen LogP contribution in [0.1, 0.15) is 34.3 Å². The number of benzene rings is 2. The lowest BCUT2D eigenvalue weighted by Gasteiger charge is -2.33. The Morgan fingerprint density at radius 3 is 2.84 bits per heavy atom. The summed E-state index contributed by atoms with van der Waals surface area (Å²) in [6, 6.07) is 19.8. The maximum Gasteiger partial charge on any atom is 0.254 e. The first-order valence-electron chi connectivity index (χ1n) is 8.61. The Labute approximate surface area is 148 Å². The van der Waals surface area contributed by atoms with E-state index >= 15 is 0 Å². The maximum atomic E-state index is 12.8. The van der Waals surface area contributed by atoms with Crippen molar-refractivity contribution in [2.24, 2.45) is 0 Å². The van der Waals surface area contributed by atoms with E-state index in [1.165, 1.54) is 5.56 Å². The molecule has 0 radical (unpaired) electrons. The fourth-order valence-corrected chi connectivity index (χ4v) is 3.10. The van der Waals surface area contributed by atoms with Gasteiger partial charge in [0.05, 0.1) is 24.7 Å². The lowest BCUT2D eigenvalue weighted by Crippen LogP contribution is -2.46. The molecule has 0 aliphatic carbocycles. The van der Waals surface area contributed by atoms with Crippen LogP contribution in [0.25, 0.3) is 0 Å². The van der Waals surface area contributed by atoms with Crippen molar-refractivity contribution in [1.29, 1.82) is 5.26 Å². The molecular weight excluding hydrogens is 312 g/mol. The highest BCUT2D eigenvalue weighted by atomic mass is 16.5. The largest absolute Gasteiger partial charge is 0.374 e. The lowest BCUT2D eigenvalue weighted by molar-refractivity contribution is -0.0208. The van der Waals surface area contributed by atoms with E-state index in [9.17, 15) is 4.79 Å². The van der Waals surface area contributed by atoms with Gasteiger partial charge in [-0.1, -0.05) is 42.5 Å². The van der Waals surface area contributed by atoms with E-state index in [-0.39, 0.29) is 17.9 Å². The normalized spacial score (nSPS) is 18.4. The second kappa shape index (κ2) is 7.96. The van der Waals surface area contributed by atoms with Gasteiger partial charge in [-0.25, -0.2) is 0 Å². The third-order valence-electron chi connectivity index (χ3n) is 4.56. The van der Waals surface area contributed by atoms with Crippen molar-refractivity contribution in [2.75, 3.05) is 19.7 Å². The molecular formula is C21H22N2O2. The number of carbonyl (C=O) groups excluding carboxylic acids is 1. The van der Waals surface area contributed by atoms with E-state index in [2.05, 4.69) is 18.2 Å². The van der Waals surface area contributed by atoms with Crippen LogP contribution >= 0.6 is 0 Å². The topological polar surface area (TPSA) is 53.3 Å². The second-order valence-electron chi connectivity index (χ2n) is 6.41. The lowest BCUT2D eigenvalue weighted by atomic mass is 9.99. The van der Waals surface area contributed by atoms with E-state index < -0.39 is 0 Å². The molecule has 1 fully saturated rings. The standard InChI is InChI=1S/C21H22N2O2/c1-16(14-22)18-8-5-9-19(13-18)21(24)23-10-11-25-20(15-23)12-17-6-3-2-4-7-17/h2-9,13,16,20H,10-12,15H2,1H3. The summed E-state index contributed by atoms with van der Waals surface area (Å²) >= 11 is 0. The molecule has 2 aromatic carbocycles. The molecule has 2 atom stereocenters. The summed E-state index contributed by atoms with van der Waals surface area (Å²) in [5.74, 6) is -0.211. The molecule has 1 heterocycles. The summed E-state index contributed by atoms with van der Waals surface area (Å²) in [5.41, 5.74) is 2.73. The average molecular weight is 334 g/mol. The first-order chi connectivity index (χ1) is 12.2. The number of nitriles is 1. The van der Waals surface area contributed by atoms with Gasteiger partial charge in [-0.2, -0.15) is 5.26 Å². The molecule has 2 aromatic rings. The molecule has 0 saturated carbocycles. The molecule has 25 heavy (non-hydrogen) atoms. The van der Waals surface area contributed by atoms with E-state index in [0.717, 1.165) is 12.0 Å². The van der Waals surface area contributed by atoms with Gasteiger partial charge in [0.25, 0.3) is 5.91 Å². The summed E-state index contributed by atoms with van der Waals surface area (Å²) < 4.78 is 5.84. The number of hydrogen-bond acceptors (Lipinski definition) is 3. The minimum absolute atomic E-state index is 0.00773. The highest BCUT2D eigenvalue weighted by molar-refractivity contribution is 5.94. The van der Waals surface area contributed by atoms with E-state index in [1.807, 2.05) is 54.3 Å². The smallest absolute Gasteiger partial charge is 0.254 e. The van der Waals surface area contributed by atoms with Gasteiger partial charge in [0.1, 0.15) is 0 Å². The van der Waals surface area contributed by atoms with E-state index in [0.29, 0.717) is 25.3 Å². The molecule has 1 saturated heterocycles. The van der Waals surface area contributed by atoms with Crippen molar-refractivity contribution >= 4 is 5.91 Å². The van der Waals surface area contributed by atoms with Crippen LogP contribution in [0.4, 0.5) is 0 Å². The van der Waals surface area contributed by atoms with Gasteiger partial charge in [0.2, 0.25) is 0 Å². The van der Waals surface area contributed by atoms with Gasteiger partial charge in [0, 0.05) is 25.1 Å². The monoisotopic (exact) mass is 334 g/mol.